The summed E-state index contributed by atoms with van der Waals surface area (Å²) in [4.78, 5) is 33.0. The highest BCUT2D eigenvalue weighted by Crippen LogP contribution is 2.24. The van der Waals surface area contributed by atoms with Crippen molar-refractivity contribution in [2.24, 2.45) is 7.05 Å². The molecule has 0 aliphatic heterocycles. The van der Waals surface area contributed by atoms with Gasteiger partial charge in [0.05, 0.1) is 24.2 Å². The summed E-state index contributed by atoms with van der Waals surface area (Å²) >= 11 is 1.47. The van der Waals surface area contributed by atoms with Gasteiger partial charge in [0.15, 0.2) is 0 Å². The van der Waals surface area contributed by atoms with Gasteiger partial charge >= 0.3 is 6.03 Å². The average molecular weight is 414 g/mol. The number of thiazole rings is 1. The van der Waals surface area contributed by atoms with Crippen molar-refractivity contribution in [2.45, 2.75) is 19.4 Å². The Labute approximate surface area is 172 Å². The molecule has 152 valence electrons. The third-order valence-corrected chi connectivity index (χ3v) is 4.97. The molecule has 1 atom stereocenters. The van der Waals surface area contributed by atoms with Gasteiger partial charge in [-0.1, -0.05) is 12.1 Å². The van der Waals surface area contributed by atoms with E-state index in [-0.39, 0.29) is 12.3 Å². The SMILES string of the molecule is COc1cccc([C@H](NC(=O)NNC(=O)Cc2csc(C)n2)c2nccn2C)c1. The predicted molar refractivity (Wildman–Crippen MR) is 108 cm³/mol. The molecule has 0 saturated carbocycles. The zero-order chi connectivity index (χ0) is 20.8. The largest absolute Gasteiger partial charge is 0.497 e. The van der Waals surface area contributed by atoms with Gasteiger partial charge < -0.3 is 14.6 Å². The van der Waals surface area contributed by atoms with Crippen LogP contribution in [0.5, 0.6) is 5.75 Å². The Balaban J connectivity index is 1.66. The lowest BCUT2D eigenvalue weighted by atomic mass is 10.1. The molecule has 10 heteroatoms. The minimum absolute atomic E-state index is 0.0866. The number of nitrogens with one attached hydrogen (secondary N) is 3. The van der Waals surface area contributed by atoms with Crippen molar-refractivity contribution < 1.29 is 14.3 Å². The fraction of sp³-hybridized carbons (Fsp3) is 0.263. The third kappa shape index (κ3) is 5.32. The molecule has 3 rings (SSSR count). The van der Waals surface area contributed by atoms with E-state index in [2.05, 4.69) is 26.1 Å². The smallest absolute Gasteiger partial charge is 0.334 e. The molecule has 0 unspecified atom stereocenters. The van der Waals surface area contributed by atoms with Crippen LogP contribution >= 0.6 is 11.3 Å². The summed E-state index contributed by atoms with van der Waals surface area (Å²) in [6.45, 7) is 1.87. The molecule has 2 aromatic heterocycles. The minimum Gasteiger partial charge on any atom is -0.497 e. The number of aryl methyl sites for hydroxylation is 2. The first-order chi connectivity index (χ1) is 14.0. The van der Waals surface area contributed by atoms with E-state index in [1.807, 2.05) is 48.2 Å². The fourth-order valence-electron chi connectivity index (χ4n) is 2.77. The summed E-state index contributed by atoms with van der Waals surface area (Å²) in [6.07, 6.45) is 3.53. The second-order valence-corrected chi connectivity index (χ2v) is 7.35. The maximum atomic E-state index is 12.4. The molecule has 29 heavy (non-hydrogen) atoms. The molecular weight excluding hydrogens is 392 g/mol. The Kier molecular flexibility index (Phi) is 6.45. The number of imidazole rings is 1. The van der Waals surface area contributed by atoms with E-state index in [1.54, 1.807) is 19.5 Å². The second kappa shape index (κ2) is 9.20. The van der Waals surface area contributed by atoms with Crippen molar-refractivity contribution in [2.75, 3.05) is 7.11 Å². The summed E-state index contributed by atoms with van der Waals surface area (Å²) in [6, 6.07) is 6.24. The molecule has 3 aromatic rings. The van der Waals surface area contributed by atoms with Crippen LogP contribution in [0.25, 0.3) is 0 Å². The number of amides is 3. The number of urea groups is 1. The molecule has 9 nitrogen and oxygen atoms in total. The zero-order valence-electron chi connectivity index (χ0n) is 16.3. The van der Waals surface area contributed by atoms with Gasteiger partial charge in [-0.25, -0.2) is 20.2 Å². The average Bonchev–Trinajstić information content (AvgIpc) is 3.32. The lowest BCUT2D eigenvalue weighted by Gasteiger charge is -2.20. The van der Waals surface area contributed by atoms with Gasteiger partial charge in [-0.3, -0.25) is 10.2 Å². The number of hydrazine groups is 1. The molecule has 1 aromatic carbocycles. The molecule has 0 saturated heterocycles. The third-order valence-electron chi connectivity index (χ3n) is 4.14. The zero-order valence-corrected chi connectivity index (χ0v) is 17.1. The number of hydrogen-bond acceptors (Lipinski definition) is 6. The molecule has 3 amide bonds. The van der Waals surface area contributed by atoms with Crippen LogP contribution in [0.15, 0.2) is 42.0 Å². The molecule has 0 aliphatic rings. The highest BCUT2D eigenvalue weighted by Gasteiger charge is 2.21. The van der Waals surface area contributed by atoms with Crippen LogP contribution in [0.3, 0.4) is 0 Å². The van der Waals surface area contributed by atoms with E-state index in [9.17, 15) is 9.59 Å². The summed E-state index contributed by atoms with van der Waals surface area (Å²) < 4.78 is 7.09. The Bertz CT molecular complexity index is 999. The first-order valence-electron chi connectivity index (χ1n) is 8.83. The van der Waals surface area contributed by atoms with Crippen molar-refractivity contribution in [1.29, 1.82) is 0 Å². The summed E-state index contributed by atoms with van der Waals surface area (Å²) in [5.41, 5.74) is 6.22. The molecule has 2 heterocycles. The predicted octanol–water partition coefficient (Wildman–Crippen LogP) is 1.86. The number of rotatable bonds is 6. The van der Waals surface area contributed by atoms with Crippen LogP contribution in [0.4, 0.5) is 4.79 Å². The van der Waals surface area contributed by atoms with E-state index in [1.165, 1.54) is 11.3 Å². The molecule has 0 aliphatic carbocycles. The number of carbonyl (C=O) groups excluding carboxylic acids is 2. The van der Waals surface area contributed by atoms with Crippen molar-refractivity contribution in [3.05, 3.63) is 64.1 Å². The summed E-state index contributed by atoms with van der Waals surface area (Å²) in [5.74, 6) is 0.939. The molecule has 0 radical (unpaired) electrons. The number of carbonyl (C=O) groups is 2. The molecule has 0 bridgehead atoms. The normalized spacial score (nSPS) is 11.6. The Morgan fingerprint density at radius 3 is 2.79 bits per heavy atom. The van der Waals surface area contributed by atoms with Crippen LogP contribution in [-0.4, -0.2) is 33.6 Å². The maximum Gasteiger partial charge on any atom is 0.334 e. The lowest BCUT2D eigenvalue weighted by Crippen LogP contribution is -2.48. The standard InChI is InChI=1S/C19H22N6O3S/c1-12-21-14(11-29-12)10-16(26)23-24-19(27)22-17(18-20-7-8-25(18)2)13-5-4-6-15(9-13)28-3/h4-9,11,17H,10H2,1-3H3,(H,23,26)(H2,22,24,27)/t17-/m0/s1. The Morgan fingerprint density at radius 2 is 2.14 bits per heavy atom. The van der Waals surface area contributed by atoms with Crippen molar-refractivity contribution >= 4 is 23.3 Å². The second-order valence-electron chi connectivity index (χ2n) is 6.29. The van der Waals surface area contributed by atoms with Gasteiger partial charge in [0.1, 0.15) is 17.6 Å². The van der Waals surface area contributed by atoms with Gasteiger partial charge in [0, 0.05) is 24.8 Å². The van der Waals surface area contributed by atoms with Crippen LogP contribution in [0.1, 0.15) is 28.1 Å². The minimum atomic E-state index is -0.566. The number of benzene rings is 1. The molecule has 0 fully saturated rings. The fourth-order valence-corrected chi connectivity index (χ4v) is 3.38. The quantitative estimate of drug-likeness (QED) is 0.533. The van der Waals surface area contributed by atoms with E-state index in [0.29, 0.717) is 17.3 Å². The van der Waals surface area contributed by atoms with E-state index >= 15 is 0 Å². The highest BCUT2D eigenvalue weighted by atomic mass is 32.1. The number of methoxy groups -OCH3 is 1. The number of nitrogens with zero attached hydrogens (tertiary/aromatic N) is 3. The molecule has 3 N–H and O–H groups in total. The first kappa shape index (κ1) is 20.3. The van der Waals surface area contributed by atoms with Crippen molar-refractivity contribution in [1.82, 2.24) is 30.7 Å². The van der Waals surface area contributed by atoms with Gasteiger partial charge in [0.25, 0.3) is 0 Å². The monoisotopic (exact) mass is 414 g/mol. The van der Waals surface area contributed by atoms with Crippen LogP contribution < -0.4 is 20.9 Å². The topological polar surface area (TPSA) is 110 Å². The summed E-state index contributed by atoms with van der Waals surface area (Å²) in [7, 11) is 3.42. The maximum absolute atomic E-state index is 12.4. The van der Waals surface area contributed by atoms with Gasteiger partial charge in [0.2, 0.25) is 5.91 Å². The van der Waals surface area contributed by atoms with E-state index in [0.717, 1.165) is 10.6 Å². The lowest BCUT2D eigenvalue weighted by molar-refractivity contribution is -0.121. The summed E-state index contributed by atoms with van der Waals surface area (Å²) in [5, 5.41) is 5.53. The number of aromatic nitrogens is 3. The molecule has 0 spiro atoms. The Morgan fingerprint density at radius 1 is 1.31 bits per heavy atom. The number of hydrogen-bond donors (Lipinski definition) is 3. The highest BCUT2D eigenvalue weighted by molar-refractivity contribution is 7.09. The van der Waals surface area contributed by atoms with Crippen molar-refractivity contribution in [3.63, 3.8) is 0 Å². The van der Waals surface area contributed by atoms with Gasteiger partial charge in [-0.05, 0) is 24.6 Å². The Hall–Kier alpha value is -3.40. The number of ether oxygens (including phenoxy) is 1. The molecular formula is C19H22N6O3S. The van der Waals surface area contributed by atoms with E-state index in [4.69, 9.17) is 4.74 Å². The van der Waals surface area contributed by atoms with Crippen LogP contribution in [0, 0.1) is 6.92 Å². The van der Waals surface area contributed by atoms with Crippen LogP contribution in [0.2, 0.25) is 0 Å². The van der Waals surface area contributed by atoms with Crippen LogP contribution in [-0.2, 0) is 18.3 Å². The van der Waals surface area contributed by atoms with E-state index < -0.39 is 12.1 Å². The van der Waals surface area contributed by atoms with Gasteiger partial charge in [-0.15, -0.1) is 11.3 Å². The van der Waals surface area contributed by atoms with Crippen molar-refractivity contribution in [3.8, 4) is 5.75 Å². The van der Waals surface area contributed by atoms with Gasteiger partial charge in [-0.2, -0.15) is 0 Å². The first-order valence-corrected chi connectivity index (χ1v) is 9.71.